The second kappa shape index (κ2) is 9.64. The van der Waals surface area contributed by atoms with Crippen LogP contribution in [-0.2, 0) is 4.74 Å². The summed E-state index contributed by atoms with van der Waals surface area (Å²) in [6.45, 7) is 8.56. The van der Waals surface area contributed by atoms with Crippen LogP contribution < -0.4 is 10.1 Å². The molecule has 0 spiro atoms. The molecule has 0 radical (unpaired) electrons. The predicted octanol–water partition coefficient (Wildman–Crippen LogP) is 2.56. The first kappa shape index (κ1) is 18.7. The van der Waals surface area contributed by atoms with Gasteiger partial charge >= 0.3 is 0 Å². The summed E-state index contributed by atoms with van der Waals surface area (Å²) >= 11 is 0. The third-order valence-electron chi connectivity index (χ3n) is 4.91. The standard InChI is InChI=1S/C19H30N2O3/c1-4-15(5-2)18(21-9-11-24-12-10-21)14-20-19(22)16-7-6-8-17(13-16)23-3/h6-8,13,15,18H,4-5,9-12,14H2,1-3H3,(H,20,22). The topological polar surface area (TPSA) is 50.8 Å². The van der Waals surface area contributed by atoms with Gasteiger partial charge in [0.25, 0.3) is 5.91 Å². The van der Waals surface area contributed by atoms with E-state index >= 15 is 0 Å². The maximum Gasteiger partial charge on any atom is 0.251 e. The number of methoxy groups -OCH3 is 1. The molecule has 1 unspecified atom stereocenters. The van der Waals surface area contributed by atoms with E-state index in [4.69, 9.17) is 9.47 Å². The number of amides is 1. The summed E-state index contributed by atoms with van der Waals surface area (Å²) in [6, 6.07) is 7.64. The lowest BCUT2D eigenvalue weighted by molar-refractivity contribution is 0.00191. The van der Waals surface area contributed by atoms with Crippen molar-refractivity contribution in [1.82, 2.24) is 10.2 Å². The minimum Gasteiger partial charge on any atom is -0.497 e. The predicted molar refractivity (Wildman–Crippen MR) is 95.6 cm³/mol. The molecule has 2 rings (SSSR count). The lowest BCUT2D eigenvalue weighted by Crippen LogP contribution is -2.52. The smallest absolute Gasteiger partial charge is 0.251 e. The average molecular weight is 334 g/mol. The van der Waals surface area contributed by atoms with Gasteiger partial charge in [-0.2, -0.15) is 0 Å². The average Bonchev–Trinajstić information content (AvgIpc) is 2.65. The van der Waals surface area contributed by atoms with E-state index in [0.717, 1.165) is 39.1 Å². The third-order valence-corrected chi connectivity index (χ3v) is 4.91. The van der Waals surface area contributed by atoms with Gasteiger partial charge in [0.2, 0.25) is 0 Å². The van der Waals surface area contributed by atoms with Gasteiger partial charge in [0.15, 0.2) is 0 Å². The first-order valence-corrected chi connectivity index (χ1v) is 8.93. The minimum absolute atomic E-state index is 0.0434. The molecule has 1 N–H and O–H groups in total. The molecule has 5 heteroatoms. The van der Waals surface area contributed by atoms with Gasteiger partial charge in [0, 0.05) is 31.2 Å². The van der Waals surface area contributed by atoms with Gasteiger partial charge in [-0.25, -0.2) is 0 Å². The van der Waals surface area contributed by atoms with Crippen molar-refractivity contribution in [1.29, 1.82) is 0 Å². The van der Waals surface area contributed by atoms with E-state index in [1.165, 1.54) is 0 Å². The van der Waals surface area contributed by atoms with Crippen LogP contribution in [-0.4, -0.2) is 56.8 Å². The lowest BCUT2D eigenvalue weighted by atomic mass is 9.92. The summed E-state index contributed by atoms with van der Waals surface area (Å²) in [5.41, 5.74) is 0.639. The first-order valence-electron chi connectivity index (χ1n) is 8.93. The van der Waals surface area contributed by atoms with Gasteiger partial charge in [0.1, 0.15) is 5.75 Å². The SMILES string of the molecule is CCC(CC)C(CNC(=O)c1cccc(OC)c1)N1CCOCC1. The van der Waals surface area contributed by atoms with E-state index in [1.807, 2.05) is 18.2 Å². The lowest BCUT2D eigenvalue weighted by Gasteiger charge is -2.38. The number of nitrogens with zero attached hydrogens (tertiary/aromatic N) is 1. The molecule has 1 aromatic carbocycles. The fourth-order valence-corrected chi connectivity index (χ4v) is 3.40. The zero-order valence-corrected chi connectivity index (χ0v) is 15.1. The highest BCUT2D eigenvalue weighted by molar-refractivity contribution is 5.94. The molecule has 1 aromatic rings. The van der Waals surface area contributed by atoms with Crippen molar-refractivity contribution in [3.8, 4) is 5.75 Å². The molecule has 1 fully saturated rings. The quantitative estimate of drug-likeness (QED) is 0.794. The molecule has 134 valence electrons. The number of nitrogens with one attached hydrogen (secondary N) is 1. The highest BCUT2D eigenvalue weighted by atomic mass is 16.5. The number of carbonyl (C=O) groups excluding carboxylic acids is 1. The Morgan fingerprint density at radius 1 is 1.29 bits per heavy atom. The van der Waals surface area contributed by atoms with Gasteiger partial charge in [-0.1, -0.05) is 32.8 Å². The van der Waals surface area contributed by atoms with Gasteiger partial charge in [-0.15, -0.1) is 0 Å². The molecule has 0 saturated carbocycles. The maximum absolute atomic E-state index is 12.5. The Kier molecular flexibility index (Phi) is 7.53. The van der Waals surface area contributed by atoms with Crippen molar-refractivity contribution in [3.63, 3.8) is 0 Å². The molecule has 1 heterocycles. The Morgan fingerprint density at radius 3 is 2.62 bits per heavy atom. The highest BCUT2D eigenvalue weighted by Crippen LogP contribution is 2.20. The largest absolute Gasteiger partial charge is 0.497 e. The van der Waals surface area contributed by atoms with Gasteiger partial charge in [0.05, 0.1) is 20.3 Å². The first-order chi connectivity index (χ1) is 11.7. The molecule has 1 atom stereocenters. The number of hydrogen-bond acceptors (Lipinski definition) is 4. The second-order valence-corrected chi connectivity index (χ2v) is 6.23. The van der Waals surface area contributed by atoms with Crippen LogP contribution in [0.2, 0.25) is 0 Å². The summed E-state index contributed by atoms with van der Waals surface area (Å²) in [5, 5.41) is 3.12. The Labute approximate surface area is 145 Å². The minimum atomic E-state index is -0.0434. The molecule has 1 aliphatic rings. The Hall–Kier alpha value is -1.59. The Balaban J connectivity index is 2.01. The monoisotopic (exact) mass is 334 g/mol. The fourth-order valence-electron chi connectivity index (χ4n) is 3.40. The molecule has 1 aliphatic heterocycles. The number of ether oxygens (including phenoxy) is 2. The van der Waals surface area contributed by atoms with Crippen LogP contribution in [0.3, 0.4) is 0 Å². The maximum atomic E-state index is 12.5. The van der Waals surface area contributed by atoms with Crippen molar-refractivity contribution < 1.29 is 14.3 Å². The van der Waals surface area contributed by atoms with Crippen LogP contribution in [0.15, 0.2) is 24.3 Å². The molecule has 1 amide bonds. The summed E-state index contributed by atoms with van der Waals surface area (Å²) < 4.78 is 10.7. The van der Waals surface area contributed by atoms with Crippen LogP contribution in [0.5, 0.6) is 5.75 Å². The van der Waals surface area contributed by atoms with Gasteiger partial charge in [-0.3, -0.25) is 9.69 Å². The van der Waals surface area contributed by atoms with Crippen molar-refractivity contribution in [2.24, 2.45) is 5.92 Å². The molecule has 24 heavy (non-hydrogen) atoms. The van der Waals surface area contributed by atoms with E-state index in [0.29, 0.717) is 29.8 Å². The zero-order chi connectivity index (χ0) is 17.4. The zero-order valence-electron chi connectivity index (χ0n) is 15.1. The highest BCUT2D eigenvalue weighted by Gasteiger charge is 2.27. The van der Waals surface area contributed by atoms with Crippen LogP contribution in [0.4, 0.5) is 0 Å². The summed E-state index contributed by atoms with van der Waals surface area (Å²) in [6.07, 6.45) is 2.24. The number of hydrogen-bond donors (Lipinski definition) is 1. The van der Waals surface area contributed by atoms with Crippen molar-refractivity contribution in [2.45, 2.75) is 32.7 Å². The summed E-state index contributed by atoms with van der Waals surface area (Å²) in [4.78, 5) is 15.0. The van der Waals surface area contributed by atoms with Crippen LogP contribution >= 0.6 is 0 Å². The van der Waals surface area contributed by atoms with E-state index in [-0.39, 0.29) is 5.91 Å². The summed E-state index contributed by atoms with van der Waals surface area (Å²) in [5.74, 6) is 1.24. The van der Waals surface area contributed by atoms with E-state index < -0.39 is 0 Å². The number of benzene rings is 1. The molecule has 0 aromatic heterocycles. The molecule has 0 bridgehead atoms. The number of rotatable bonds is 8. The second-order valence-electron chi connectivity index (χ2n) is 6.23. The Morgan fingerprint density at radius 2 is 2.00 bits per heavy atom. The van der Waals surface area contributed by atoms with Crippen LogP contribution in [0, 0.1) is 5.92 Å². The third kappa shape index (κ3) is 4.95. The van der Waals surface area contributed by atoms with Gasteiger partial charge < -0.3 is 14.8 Å². The summed E-state index contributed by atoms with van der Waals surface area (Å²) in [7, 11) is 1.61. The van der Waals surface area contributed by atoms with Gasteiger partial charge in [-0.05, 0) is 24.1 Å². The van der Waals surface area contributed by atoms with Crippen LogP contribution in [0.25, 0.3) is 0 Å². The van der Waals surface area contributed by atoms with E-state index in [2.05, 4.69) is 24.1 Å². The fraction of sp³-hybridized carbons (Fsp3) is 0.632. The van der Waals surface area contributed by atoms with E-state index in [1.54, 1.807) is 13.2 Å². The normalized spacial score (nSPS) is 16.8. The number of carbonyl (C=O) groups is 1. The van der Waals surface area contributed by atoms with Crippen molar-refractivity contribution >= 4 is 5.91 Å². The molecule has 1 saturated heterocycles. The van der Waals surface area contributed by atoms with Crippen LogP contribution in [0.1, 0.15) is 37.0 Å². The van der Waals surface area contributed by atoms with Crippen molar-refractivity contribution in [2.75, 3.05) is 40.0 Å². The van der Waals surface area contributed by atoms with E-state index in [9.17, 15) is 4.79 Å². The molecule has 0 aliphatic carbocycles. The number of morpholine rings is 1. The molecular formula is C19H30N2O3. The Bertz CT molecular complexity index is 511. The molecular weight excluding hydrogens is 304 g/mol. The van der Waals surface area contributed by atoms with Crippen molar-refractivity contribution in [3.05, 3.63) is 29.8 Å². The molecule has 5 nitrogen and oxygen atoms in total.